The average molecular weight is 757 g/mol. The van der Waals surface area contributed by atoms with Crippen LogP contribution in [0.25, 0.3) is 0 Å². The summed E-state index contributed by atoms with van der Waals surface area (Å²) < 4.78 is 18.7. The molecule has 5 fully saturated rings. The number of aliphatic hydroxyl groups is 7. The highest BCUT2D eigenvalue weighted by atomic mass is 16.7. The van der Waals surface area contributed by atoms with Gasteiger partial charge < -0.3 is 50.0 Å². The number of hydrogen-bond donors (Lipinski definition) is 7. The lowest BCUT2D eigenvalue weighted by Crippen LogP contribution is -2.69. The third kappa shape index (κ3) is 5.73. The van der Waals surface area contributed by atoms with E-state index in [0.717, 1.165) is 25.7 Å². The quantitative estimate of drug-likeness (QED) is 0.122. The van der Waals surface area contributed by atoms with Gasteiger partial charge in [0.15, 0.2) is 6.29 Å². The molecule has 0 unspecified atom stereocenters. The van der Waals surface area contributed by atoms with Gasteiger partial charge in [-0.3, -0.25) is 0 Å². The highest BCUT2D eigenvalue weighted by molar-refractivity contribution is 5.89. The first-order chi connectivity index (χ1) is 25.4. The second-order valence-electron chi connectivity index (χ2n) is 19.6. The summed E-state index contributed by atoms with van der Waals surface area (Å²) in [6, 6.07) is 8.97. The number of carbonyl (C=O) groups is 1. The Labute approximate surface area is 319 Å². The van der Waals surface area contributed by atoms with Crippen molar-refractivity contribution in [2.45, 2.75) is 142 Å². The van der Waals surface area contributed by atoms with Gasteiger partial charge in [0, 0.05) is 10.8 Å². The first-order valence-corrected chi connectivity index (χ1v) is 20.2. The van der Waals surface area contributed by atoms with Gasteiger partial charge in [0.2, 0.25) is 0 Å². The van der Waals surface area contributed by atoms with Crippen molar-refractivity contribution in [3.63, 3.8) is 0 Å². The van der Waals surface area contributed by atoms with E-state index in [1.165, 1.54) is 5.57 Å². The first-order valence-electron chi connectivity index (χ1n) is 20.2. The molecule has 0 aromatic heterocycles. The van der Waals surface area contributed by atoms with Gasteiger partial charge in [-0.25, -0.2) is 4.79 Å². The first kappa shape index (κ1) is 40.3. The molecule has 302 valence electrons. The summed E-state index contributed by atoms with van der Waals surface area (Å²) in [5.74, 6) is -0.286. The maximum atomic E-state index is 13.8. The van der Waals surface area contributed by atoms with Crippen LogP contribution in [0.15, 0.2) is 42.0 Å². The molecule has 6 aliphatic rings. The number of fused-ring (bicyclic) bond motifs is 7. The van der Waals surface area contributed by atoms with Gasteiger partial charge in [0.05, 0.1) is 37.6 Å². The Hall–Kier alpha value is -1.93. The molecule has 54 heavy (non-hydrogen) atoms. The number of rotatable bonds is 7. The third-order valence-electron chi connectivity index (χ3n) is 16.8. The van der Waals surface area contributed by atoms with Gasteiger partial charge in [0.1, 0.15) is 30.5 Å². The summed E-state index contributed by atoms with van der Waals surface area (Å²) in [5, 5.41) is 75.5. The molecule has 16 atom stereocenters. The molecular formula is C43H64O11. The molecule has 0 amide bonds. The topological polar surface area (TPSA) is 186 Å². The van der Waals surface area contributed by atoms with E-state index in [0.29, 0.717) is 31.2 Å². The second-order valence-corrected chi connectivity index (χ2v) is 19.6. The fourth-order valence-electron chi connectivity index (χ4n) is 13.2. The number of ether oxygens (including phenoxy) is 3. The van der Waals surface area contributed by atoms with E-state index in [2.05, 4.69) is 40.7 Å². The Morgan fingerprint density at radius 2 is 1.52 bits per heavy atom. The van der Waals surface area contributed by atoms with E-state index in [9.17, 15) is 40.5 Å². The molecule has 7 N–H and O–H groups in total. The van der Waals surface area contributed by atoms with Crippen LogP contribution in [0.4, 0.5) is 0 Å². The van der Waals surface area contributed by atoms with E-state index < -0.39 is 83.3 Å². The molecule has 1 saturated heterocycles. The Kier molecular flexibility index (Phi) is 10.3. The van der Waals surface area contributed by atoms with Gasteiger partial charge in [0.25, 0.3) is 0 Å². The van der Waals surface area contributed by atoms with Crippen LogP contribution in [0.5, 0.6) is 0 Å². The smallest absolute Gasteiger partial charge is 0.338 e. The number of allylic oxidation sites excluding steroid dienone is 2. The van der Waals surface area contributed by atoms with Crippen molar-refractivity contribution < 1.29 is 54.8 Å². The minimum absolute atomic E-state index is 0.0332. The normalized spacial score (nSPS) is 49.7. The minimum atomic E-state index is -1.55. The van der Waals surface area contributed by atoms with Crippen molar-refractivity contribution in [1.82, 2.24) is 0 Å². The van der Waals surface area contributed by atoms with Crippen molar-refractivity contribution in [3.05, 3.63) is 47.5 Å². The number of carbonyl (C=O) groups excluding carboxylic acids is 1. The van der Waals surface area contributed by atoms with Crippen molar-refractivity contribution in [1.29, 1.82) is 0 Å². The van der Waals surface area contributed by atoms with Crippen molar-refractivity contribution in [2.75, 3.05) is 19.8 Å². The van der Waals surface area contributed by atoms with Crippen LogP contribution in [0.1, 0.15) is 103 Å². The largest absolute Gasteiger partial charge is 0.458 e. The summed E-state index contributed by atoms with van der Waals surface area (Å²) in [6.45, 7) is 12.4. The number of aliphatic hydroxyl groups excluding tert-OH is 7. The fraction of sp³-hybridized carbons (Fsp3) is 0.791. The molecule has 0 radical (unpaired) electrons. The monoisotopic (exact) mass is 756 g/mol. The van der Waals surface area contributed by atoms with E-state index in [4.69, 9.17) is 14.2 Å². The molecule has 0 bridgehead atoms. The average Bonchev–Trinajstić information content (AvgIpc) is 3.14. The maximum Gasteiger partial charge on any atom is 0.338 e. The van der Waals surface area contributed by atoms with Crippen LogP contribution in [0, 0.1) is 50.2 Å². The van der Waals surface area contributed by atoms with Gasteiger partial charge in [-0.1, -0.05) is 71.4 Å². The molecule has 4 saturated carbocycles. The van der Waals surface area contributed by atoms with E-state index in [-0.39, 0.29) is 41.8 Å². The zero-order valence-corrected chi connectivity index (χ0v) is 32.9. The maximum absolute atomic E-state index is 13.8. The number of benzene rings is 1. The van der Waals surface area contributed by atoms with Crippen molar-refractivity contribution >= 4 is 5.97 Å². The Morgan fingerprint density at radius 1 is 0.815 bits per heavy atom. The van der Waals surface area contributed by atoms with Crippen LogP contribution in [0.2, 0.25) is 0 Å². The zero-order chi connectivity index (χ0) is 39.2. The van der Waals surface area contributed by atoms with Crippen LogP contribution >= 0.6 is 0 Å². The van der Waals surface area contributed by atoms with Crippen LogP contribution in [0.3, 0.4) is 0 Å². The van der Waals surface area contributed by atoms with Gasteiger partial charge >= 0.3 is 5.97 Å². The van der Waals surface area contributed by atoms with Crippen molar-refractivity contribution in [2.24, 2.45) is 50.2 Å². The summed E-state index contributed by atoms with van der Waals surface area (Å²) in [6.07, 6.45) is -0.979. The lowest BCUT2D eigenvalue weighted by atomic mass is 9.33. The molecule has 1 aromatic carbocycles. The zero-order valence-electron chi connectivity index (χ0n) is 32.9. The van der Waals surface area contributed by atoms with E-state index >= 15 is 0 Å². The van der Waals surface area contributed by atoms with Gasteiger partial charge in [-0.2, -0.15) is 0 Å². The number of hydrogen-bond acceptors (Lipinski definition) is 11. The molecule has 1 aromatic rings. The van der Waals surface area contributed by atoms with E-state index in [1.54, 1.807) is 12.1 Å². The Morgan fingerprint density at radius 3 is 2.17 bits per heavy atom. The molecule has 1 heterocycles. The van der Waals surface area contributed by atoms with Crippen LogP contribution in [-0.2, 0) is 14.2 Å². The highest BCUT2D eigenvalue weighted by Crippen LogP contribution is 2.76. The summed E-state index contributed by atoms with van der Waals surface area (Å²) in [4.78, 5) is 13.8. The van der Waals surface area contributed by atoms with Gasteiger partial charge in [-0.15, -0.1) is 0 Å². The van der Waals surface area contributed by atoms with Gasteiger partial charge in [-0.05, 0) is 103 Å². The molecular weight excluding hydrogens is 692 g/mol. The van der Waals surface area contributed by atoms with Crippen LogP contribution < -0.4 is 0 Å². The lowest BCUT2D eigenvalue weighted by molar-refractivity contribution is -0.333. The molecule has 1 aliphatic heterocycles. The summed E-state index contributed by atoms with van der Waals surface area (Å²) >= 11 is 0. The Bertz CT molecular complexity index is 1580. The molecule has 0 spiro atoms. The van der Waals surface area contributed by atoms with Crippen molar-refractivity contribution in [3.8, 4) is 0 Å². The van der Waals surface area contributed by atoms with E-state index in [1.807, 2.05) is 25.1 Å². The molecule has 5 aliphatic carbocycles. The second kappa shape index (κ2) is 13.9. The predicted molar refractivity (Wildman–Crippen MR) is 199 cm³/mol. The molecule has 11 nitrogen and oxygen atoms in total. The summed E-state index contributed by atoms with van der Waals surface area (Å²) in [7, 11) is 0. The number of esters is 1. The van der Waals surface area contributed by atoms with Crippen LogP contribution in [-0.4, -0.2) is 111 Å². The summed E-state index contributed by atoms with van der Waals surface area (Å²) in [5.41, 5.74) is -1.05. The predicted octanol–water partition coefficient (Wildman–Crippen LogP) is 3.74. The lowest BCUT2D eigenvalue weighted by Gasteiger charge is -2.72. The highest BCUT2D eigenvalue weighted by Gasteiger charge is 2.71. The Balaban J connectivity index is 1.24. The standard InChI is InChI=1S/C43H64O11/c1-38(2)18-26-25-12-13-29-39(3)16-15-31(54-37-35(50)34(49)33(48)27(21-44)52-37)40(4,22-45)28(39)14-17-41(29,5)42(25,6)20-32(43(26,23-46)19-30(38)47)53-36(51)24-10-8-7-9-11-24/h7-12,26-35,37,44-50H,13-23H2,1-6H3/t26-,27-,28+,29-,30-,31+,32+,33-,34+,35-,37+,39-,40+,41+,42-,43-/m1/s1. The SMILES string of the molecule is CC1(C)C[C@@H]2C3=CC[C@@H]4[C@]5(C)CC[C@H](O[C@@H]6O[C@H](CO)[C@@H](O)[C@H](O)[C@H]6O)[C@@](C)(CO)[C@H]5CC[C@]4(C)[C@]3(C)C[C@H](OC(=O)c3ccccc3)[C@@]2(CO)C[C@H]1O. The third-order valence-corrected chi connectivity index (χ3v) is 16.8. The fourth-order valence-corrected chi connectivity index (χ4v) is 13.2. The molecule has 7 rings (SSSR count). The minimum Gasteiger partial charge on any atom is -0.458 e. The molecule has 11 heteroatoms.